The summed E-state index contributed by atoms with van der Waals surface area (Å²) in [7, 11) is 0. The van der Waals surface area contributed by atoms with Crippen LogP contribution < -0.4 is 10.2 Å². The van der Waals surface area contributed by atoms with Crippen LogP contribution in [0, 0.1) is 13.8 Å². The Balaban J connectivity index is 1.56. The summed E-state index contributed by atoms with van der Waals surface area (Å²) in [6.45, 7) is 11.5. The number of rotatable bonds is 8. The fourth-order valence-corrected chi connectivity index (χ4v) is 5.89. The summed E-state index contributed by atoms with van der Waals surface area (Å²) < 4.78 is 2.36. The molecule has 2 aromatic carbocycles. The zero-order chi connectivity index (χ0) is 25.9. The first-order valence-corrected chi connectivity index (χ1v) is 13.5. The van der Waals surface area contributed by atoms with E-state index in [0.717, 1.165) is 30.4 Å². The summed E-state index contributed by atoms with van der Waals surface area (Å²) in [6, 6.07) is 27.9. The fraction of sp³-hybridized carbons (Fsp3) is 0.290. The average Bonchev–Trinajstić information content (AvgIpc) is 3.40. The third-order valence-corrected chi connectivity index (χ3v) is 7.77. The first-order chi connectivity index (χ1) is 18.0. The van der Waals surface area contributed by atoms with Crippen LogP contribution in [-0.4, -0.2) is 32.7 Å². The molecule has 1 saturated heterocycles. The minimum Gasteiger partial charge on any atom is -0.372 e. The topological polar surface area (TPSA) is 36.3 Å². The van der Waals surface area contributed by atoms with E-state index in [9.17, 15) is 0 Å². The quantitative estimate of drug-likeness (QED) is 0.274. The highest BCUT2D eigenvalue weighted by Crippen LogP contribution is 2.42. The van der Waals surface area contributed by atoms with E-state index >= 15 is 0 Å². The lowest BCUT2D eigenvalue weighted by molar-refractivity contribution is 0.310. The van der Waals surface area contributed by atoms with Crippen LogP contribution in [0.15, 0.2) is 85.1 Å². The van der Waals surface area contributed by atoms with Gasteiger partial charge in [-0.1, -0.05) is 36.4 Å². The molecule has 4 aromatic rings. The predicted molar refractivity (Wildman–Crippen MR) is 156 cm³/mol. The van der Waals surface area contributed by atoms with E-state index < -0.39 is 0 Å². The summed E-state index contributed by atoms with van der Waals surface area (Å²) >= 11 is 5.91. The van der Waals surface area contributed by atoms with Gasteiger partial charge in [-0.3, -0.25) is 4.98 Å². The third kappa shape index (κ3) is 4.86. The van der Waals surface area contributed by atoms with Gasteiger partial charge < -0.3 is 19.7 Å². The van der Waals surface area contributed by atoms with Crippen LogP contribution in [-0.2, 0) is 6.54 Å². The molecule has 0 saturated carbocycles. The van der Waals surface area contributed by atoms with E-state index in [-0.39, 0.29) is 12.1 Å². The Morgan fingerprint density at radius 2 is 1.62 bits per heavy atom. The number of hydrogen-bond donors (Lipinski definition) is 1. The molecule has 0 bridgehead atoms. The Morgan fingerprint density at radius 1 is 0.919 bits per heavy atom. The van der Waals surface area contributed by atoms with Gasteiger partial charge >= 0.3 is 0 Å². The van der Waals surface area contributed by atoms with Gasteiger partial charge in [0.2, 0.25) is 0 Å². The van der Waals surface area contributed by atoms with Crippen LogP contribution in [0.25, 0.3) is 5.69 Å². The average molecular weight is 510 g/mol. The highest BCUT2D eigenvalue weighted by atomic mass is 32.1. The summed E-state index contributed by atoms with van der Waals surface area (Å²) in [6.07, 6.45) is 1.86. The molecule has 1 aliphatic rings. The second-order valence-corrected chi connectivity index (χ2v) is 9.98. The number of anilines is 1. The van der Waals surface area contributed by atoms with Gasteiger partial charge in [-0.2, -0.15) is 0 Å². The largest absolute Gasteiger partial charge is 0.372 e. The molecule has 0 aliphatic carbocycles. The molecular weight excluding hydrogens is 474 g/mol. The van der Waals surface area contributed by atoms with Crippen molar-refractivity contribution in [3.05, 3.63) is 113 Å². The van der Waals surface area contributed by atoms with E-state index in [4.69, 9.17) is 17.2 Å². The molecule has 6 heteroatoms. The molecule has 0 unspecified atom stereocenters. The zero-order valence-corrected chi connectivity index (χ0v) is 22.9. The maximum Gasteiger partial charge on any atom is 0.170 e. The van der Waals surface area contributed by atoms with Crippen molar-refractivity contribution in [3.8, 4) is 5.69 Å². The highest BCUT2D eigenvalue weighted by molar-refractivity contribution is 7.80. The summed E-state index contributed by atoms with van der Waals surface area (Å²) in [5.41, 5.74) is 8.37. The molecule has 0 spiro atoms. The van der Waals surface area contributed by atoms with E-state index in [2.05, 4.69) is 114 Å². The second kappa shape index (κ2) is 10.8. The molecule has 3 heterocycles. The smallest absolute Gasteiger partial charge is 0.170 e. The van der Waals surface area contributed by atoms with Gasteiger partial charge in [0.05, 0.1) is 17.8 Å². The number of pyridine rings is 1. The van der Waals surface area contributed by atoms with Crippen LogP contribution in [0.1, 0.15) is 54.1 Å². The molecule has 2 atom stereocenters. The van der Waals surface area contributed by atoms with Crippen molar-refractivity contribution < 1.29 is 0 Å². The van der Waals surface area contributed by atoms with Gasteiger partial charge in [0.1, 0.15) is 0 Å². The Kier molecular flexibility index (Phi) is 7.28. The number of thiocarbonyl (C=S) groups is 1. The minimum atomic E-state index is -0.0311. The van der Waals surface area contributed by atoms with Gasteiger partial charge in [-0.25, -0.2) is 0 Å². The predicted octanol–water partition coefficient (Wildman–Crippen LogP) is 6.51. The molecule has 5 nitrogen and oxygen atoms in total. The lowest BCUT2D eigenvalue weighted by Gasteiger charge is -2.28. The van der Waals surface area contributed by atoms with E-state index in [1.807, 2.05) is 18.3 Å². The number of nitrogens with zero attached hydrogens (tertiary/aromatic N) is 4. The van der Waals surface area contributed by atoms with Crippen LogP contribution in [0.4, 0.5) is 5.69 Å². The molecule has 1 aliphatic heterocycles. The lowest BCUT2D eigenvalue weighted by atomic mass is 9.96. The van der Waals surface area contributed by atoms with E-state index in [1.165, 1.54) is 33.9 Å². The van der Waals surface area contributed by atoms with Gasteiger partial charge in [0.25, 0.3) is 0 Å². The first-order valence-electron chi connectivity index (χ1n) is 13.1. The summed E-state index contributed by atoms with van der Waals surface area (Å²) in [4.78, 5) is 9.40. The lowest BCUT2D eigenvalue weighted by Crippen LogP contribution is -2.29. The fourth-order valence-electron chi connectivity index (χ4n) is 5.58. The van der Waals surface area contributed by atoms with E-state index in [0.29, 0.717) is 0 Å². The minimum absolute atomic E-state index is 0.0255. The Morgan fingerprint density at radius 3 is 2.27 bits per heavy atom. The zero-order valence-electron chi connectivity index (χ0n) is 22.1. The maximum atomic E-state index is 5.91. The Labute approximate surface area is 225 Å². The van der Waals surface area contributed by atoms with Crippen molar-refractivity contribution in [2.24, 2.45) is 0 Å². The molecule has 0 amide bonds. The standard InChI is InChI=1S/C31H35N5S/c1-5-34(6-2)25-15-17-26(18-16-25)36-22(3)20-27(23(36)4)30-29(28-14-10-11-19-32-28)33-31(37)35(30)21-24-12-8-7-9-13-24/h7-20,29-30H,5-6,21H2,1-4H3,(H,33,37)/t29-,30-/m1/s1. The van der Waals surface area contributed by atoms with Crippen LogP contribution >= 0.6 is 12.2 Å². The van der Waals surface area contributed by atoms with Crippen molar-refractivity contribution in [3.63, 3.8) is 0 Å². The van der Waals surface area contributed by atoms with Gasteiger partial charge in [-0.15, -0.1) is 0 Å². The monoisotopic (exact) mass is 509 g/mol. The van der Waals surface area contributed by atoms with Crippen molar-refractivity contribution in [1.29, 1.82) is 0 Å². The maximum absolute atomic E-state index is 5.91. The van der Waals surface area contributed by atoms with Gasteiger partial charge in [0.15, 0.2) is 5.11 Å². The van der Waals surface area contributed by atoms with Crippen LogP contribution in [0.2, 0.25) is 0 Å². The van der Waals surface area contributed by atoms with Crippen molar-refractivity contribution >= 4 is 23.0 Å². The molecule has 190 valence electrons. The molecular formula is C31H35N5S. The van der Waals surface area contributed by atoms with Crippen molar-refractivity contribution in [2.45, 2.75) is 46.3 Å². The summed E-state index contributed by atoms with van der Waals surface area (Å²) in [5, 5.41) is 4.36. The Bertz CT molecular complexity index is 1340. The summed E-state index contributed by atoms with van der Waals surface area (Å²) in [5.74, 6) is 0. The molecule has 0 radical (unpaired) electrons. The van der Waals surface area contributed by atoms with Crippen LogP contribution in [0.5, 0.6) is 0 Å². The SMILES string of the molecule is CCN(CC)c1ccc(-n2c(C)cc([C@@H]3[C@@H](c4ccccn4)NC(=S)N3Cc3ccccc3)c2C)cc1. The molecule has 1 fully saturated rings. The number of hydrogen-bond acceptors (Lipinski definition) is 3. The number of aryl methyl sites for hydroxylation is 1. The van der Waals surface area contributed by atoms with Crippen LogP contribution in [0.3, 0.4) is 0 Å². The molecule has 5 rings (SSSR count). The first kappa shape index (κ1) is 25.0. The normalized spacial score (nSPS) is 17.2. The molecule has 37 heavy (non-hydrogen) atoms. The van der Waals surface area contributed by atoms with E-state index in [1.54, 1.807) is 0 Å². The van der Waals surface area contributed by atoms with Crippen molar-refractivity contribution in [1.82, 2.24) is 19.8 Å². The van der Waals surface area contributed by atoms with Crippen molar-refractivity contribution in [2.75, 3.05) is 18.0 Å². The highest BCUT2D eigenvalue weighted by Gasteiger charge is 2.41. The molecule has 1 N–H and O–H groups in total. The van der Waals surface area contributed by atoms with Gasteiger partial charge in [-0.05, 0) is 93.5 Å². The third-order valence-electron chi connectivity index (χ3n) is 7.42. The number of aromatic nitrogens is 2. The number of nitrogens with one attached hydrogen (secondary N) is 1. The van der Waals surface area contributed by atoms with Gasteiger partial charge in [0, 0.05) is 48.6 Å². The molecule has 2 aromatic heterocycles. The second-order valence-electron chi connectivity index (χ2n) is 9.59. The number of benzene rings is 2. The Hall–Kier alpha value is -3.64.